The summed E-state index contributed by atoms with van der Waals surface area (Å²) in [4.78, 5) is 14.8. The smallest absolute Gasteiger partial charge is 0.294 e. The summed E-state index contributed by atoms with van der Waals surface area (Å²) in [6.45, 7) is 4.61. The largest absolute Gasteiger partial charge is 0.372 e. The van der Waals surface area contributed by atoms with E-state index >= 15 is 0 Å². The molecule has 2 aliphatic heterocycles. The highest BCUT2D eigenvalue weighted by atomic mass is 17.0. The molecule has 14 heavy (non-hydrogen) atoms. The molecule has 0 bridgehead atoms. The Morgan fingerprint density at radius 3 is 2.93 bits per heavy atom. The zero-order valence-electron chi connectivity index (χ0n) is 8.13. The van der Waals surface area contributed by atoms with E-state index in [4.69, 9.17) is 9.47 Å². The van der Waals surface area contributed by atoms with Crippen molar-refractivity contribution in [2.24, 2.45) is 5.92 Å². The monoisotopic (exact) mass is 203 g/mol. The van der Waals surface area contributed by atoms with Crippen molar-refractivity contribution >= 4 is 0 Å². The second-order valence-electron chi connectivity index (χ2n) is 4.04. The molecule has 4 atom stereocenters. The van der Waals surface area contributed by atoms with Crippen LogP contribution in [0.4, 0.5) is 0 Å². The highest BCUT2D eigenvalue weighted by molar-refractivity contribution is 5.03. The molecule has 2 heterocycles. The second-order valence-corrected chi connectivity index (χ2v) is 4.04. The zero-order valence-corrected chi connectivity index (χ0v) is 8.13. The van der Waals surface area contributed by atoms with Gasteiger partial charge in [-0.05, 0) is 6.92 Å². The lowest BCUT2D eigenvalue weighted by molar-refractivity contribution is -0.771. The van der Waals surface area contributed by atoms with E-state index in [9.17, 15) is 10.1 Å². The zero-order chi connectivity index (χ0) is 10.3. The molecule has 0 amide bonds. The summed E-state index contributed by atoms with van der Waals surface area (Å²) in [6, 6.07) is 0. The summed E-state index contributed by atoms with van der Waals surface area (Å²) < 4.78 is 11.0. The molecule has 0 radical (unpaired) electrons. The maximum atomic E-state index is 10.2. The molecule has 1 unspecified atom stereocenters. The van der Waals surface area contributed by atoms with Gasteiger partial charge in [0.1, 0.15) is 5.60 Å². The van der Waals surface area contributed by atoms with Crippen LogP contribution >= 0.6 is 0 Å². The van der Waals surface area contributed by atoms with Crippen molar-refractivity contribution < 1.29 is 19.4 Å². The molecule has 6 heteroatoms. The Labute approximate surface area is 81.2 Å². The van der Waals surface area contributed by atoms with Gasteiger partial charge in [-0.1, -0.05) is 6.92 Å². The third-order valence-corrected chi connectivity index (χ3v) is 3.02. The number of nitrogens with zero attached hydrogens (tertiary/aromatic N) is 1. The van der Waals surface area contributed by atoms with Crippen LogP contribution in [0.3, 0.4) is 0 Å². The Balaban J connectivity index is 2.12. The first-order chi connectivity index (χ1) is 6.54. The number of fused-ring (bicyclic) bond motifs is 1. The molecule has 2 rings (SSSR count). The Bertz CT molecular complexity index is 258. The summed E-state index contributed by atoms with van der Waals surface area (Å²) in [5.74, 6) is 0.264. The van der Waals surface area contributed by atoms with Crippen molar-refractivity contribution in [1.82, 2.24) is 0 Å². The first-order valence-corrected chi connectivity index (χ1v) is 4.61. The van der Waals surface area contributed by atoms with Gasteiger partial charge < -0.3 is 14.3 Å². The van der Waals surface area contributed by atoms with Crippen molar-refractivity contribution in [3.8, 4) is 0 Å². The number of hydrogen-bond acceptors (Lipinski definition) is 5. The molecule has 0 spiro atoms. The minimum Gasteiger partial charge on any atom is -0.372 e. The van der Waals surface area contributed by atoms with E-state index in [0.717, 1.165) is 0 Å². The van der Waals surface area contributed by atoms with Gasteiger partial charge in [0.2, 0.25) is 0 Å². The van der Waals surface area contributed by atoms with Gasteiger partial charge in [0.05, 0.1) is 19.3 Å². The van der Waals surface area contributed by atoms with Gasteiger partial charge in [-0.3, -0.25) is 0 Å². The predicted molar refractivity (Wildman–Crippen MR) is 45.1 cm³/mol. The van der Waals surface area contributed by atoms with Crippen LogP contribution in [0.25, 0.3) is 0 Å². The maximum absolute atomic E-state index is 10.2. The summed E-state index contributed by atoms with van der Waals surface area (Å²) in [5, 5.41) is 9.46. The van der Waals surface area contributed by atoms with Crippen LogP contribution < -0.4 is 0 Å². The molecule has 80 valence electrons. The molecular weight excluding hydrogens is 190 g/mol. The van der Waals surface area contributed by atoms with E-state index in [1.807, 2.05) is 13.8 Å². The Hall–Kier alpha value is -0.880. The van der Waals surface area contributed by atoms with Crippen LogP contribution in [-0.2, 0) is 14.3 Å². The summed E-state index contributed by atoms with van der Waals surface area (Å²) >= 11 is 0. The quantitative estimate of drug-likeness (QED) is 0.479. The van der Waals surface area contributed by atoms with Gasteiger partial charge in [-0.15, -0.1) is 10.1 Å². The minimum atomic E-state index is -0.784. The molecule has 6 nitrogen and oxygen atoms in total. The first kappa shape index (κ1) is 9.67. The van der Waals surface area contributed by atoms with Crippen LogP contribution in [0, 0.1) is 16.0 Å². The van der Waals surface area contributed by atoms with Crippen molar-refractivity contribution in [2.45, 2.75) is 31.7 Å². The topological polar surface area (TPSA) is 70.8 Å². The van der Waals surface area contributed by atoms with Crippen molar-refractivity contribution in [3.63, 3.8) is 0 Å². The van der Waals surface area contributed by atoms with Crippen LogP contribution in [-0.4, -0.2) is 36.1 Å². The lowest BCUT2D eigenvalue weighted by Gasteiger charge is -2.26. The maximum Gasteiger partial charge on any atom is 0.294 e. The molecule has 2 saturated heterocycles. The summed E-state index contributed by atoms with van der Waals surface area (Å²) in [6.07, 6.45) is -0.695. The SMILES string of the molecule is CC1CO[C@@]2(C)[C@@H]1OC[C@H]2O[N+](=O)[O-]. The van der Waals surface area contributed by atoms with Crippen LogP contribution in [0.5, 0.6) is 0 Å². The fourth-order valence-corrected chi connectivity index (χ4v) is 2.25. The van der Waals surface area contributed by atoms with Gasteiger partial charge >= 0.3 is 0 Å². The van der Waals surface area contributed by atoms with Gasteiger partial charge in [-0.2, -0.15) is 0 Å². The molecule has 0 aromatic heterocycles. The Morgan fingerprint density at radius 1 is 1.57 bits per heavy atom. The average Bonchev–Trinajstić information content (AvgIpc) is 2.53. The van der Waals surface area contributed by atoms with Gasteiger partial charge in [0, 0.05) is 5.92 Å². The lowest BCUT2D eigenvalue weighted by atomic mass is 9.91. The normalized spacial score (nSPS) is 46.3. The Morgan fingerprint density at radius 2 is 2.29 bits per heavy atom. The van der Waals surface area contributed by atoms with E-state index in [0.29, 0.717) is 6.61 Å². The second kappa shape index (κ2) is 3.06. The van der Waals surface area contributed by atoms with Gasteiger partial charge in [0.25, 0.3) is 5.09 Å². The third kappa shape index (κ3) is 1.26. The van der Waals surface area contributed by atoms with Crippen LogP contribution in [0.1, 0.15) is 13.8 Å². The van der Waals surface area contributed by atoms with Crippen LogP contribution in [0.2, 0.25) is 0 Å². The summed E-state index contributed by atoms with van der Waals surface area (Å²) in [5.41, 5.74) is -0.660. The molecule has 0 aliphatic carbocycles. The average molecular weight is 203 g/mol. The molecule has 0 aromatic rings. The minimum absolute atomic E-state index is 0.0903. The molecular formula is C8H13NO5. The van der Waals surface area contributed by atoms with Crippen molar-refractivity contribution in [1.29, 1.82) is 0 Å². The van der Waals surface area contributed by atoms with Gasteiger partial charge in [-0.25, -0.2) is 0 Å². The summed E-state index contributed by atoms with van der Waals surface area (Å²) in [7, 11) is 0. The van der Waals surface area contributed by atoms with Crippen molar-refractivity contribution in [3.05, 3.63) is 10.1 Å². The van der Waals surface area contributed by atoms with Crippen LogP contribution in [0.15, 0.2) is 0 Å². The van der Waals surface area contributed by atoms with E-state index in [1.54, 1.807) is 0 Å². The Kier molecular flexibility index (Phi) is 2.11. The van der Waals surface area contributed by atoms with E-state index < -0.39 is 16.8 Å². The predicted octanol–water partition coefficient (Wildman–Crippen LogP) is 0.387. The first-order valence-electron chi connectivity index (χ1n) is 4.61. The van der Waals surface area contributed by atoms with Crippen molar-refractivity contribution in [2.75, 3.05) is 13.2 Å². The standard InChI is InChI=1S/C8H13NO5/c1-5-3-13-8(2)6(14-9(10)11)4-12-7(5)8/h5-7H,3-4H2,1-2H3/t5?,6-,7-,8-/m1/s1. The third-order valence-electron chi connectivity index (χ3n) is 3.02. The number of ether oxygens (including phenoxy) is 2. The fraction of sp³-hybridized carbons (Fsp3) is 1.00. The molecule has 0 saturated carbocycles. The molecule has 0 aromatic carbocycles. The lowest BCUT2D eigenvalue weighted by Crippen LogP contribution is -2.45. The van der Waals surface area contributed by atoms with E-state index in [1.165, 1.54) is 0 Å². The molecule has 0 N–H and O–H groups in total. The molecule has 2 fully saturated rings. The van der Waals surface area contributed by atoms with Gasteiger partial charge in [0.15, 0.2) is 6.10 Å². The van der Waals surface area contributed by atoms with E-state index in [-0.39, 0.29) is 18.6 Å². The highest BCUT2D eigenvalue weighted by Crippen LogP contribution is 2.41. The fourth-order valence-electron chi connectivity index (χ4n) is 2.25. The van der Waals surface area contributed by atoms with E-state index in [2.05, 4.69) is 4.84 Å². The number of rotatable bonds is 2. The number of hydrogen-bond donors (Lipinski definition) is 0. The molecule has 2 aliphatic rings. The highest BCUT2D eigenvalue weighted by Gasteiger charge is 2.57.